The molecule has 0 saturated carbocycles. The first-order chi connectivity index (χ1) is 12.5. The topological polar surface area (TPSA) is 96.4 Å². The van der Waals surface area contributed by atoms with Crippen molar-refractivity contribution in [2.24, 2.45) is 5.73 Å². The second-order valence-electron chi connectivity index (χ2n) is 6.37. The lowest BCUT2D eigenvalue weighted by atomic mass is 10.0. The molecular formula is C18H18F3N3O3. The van der Waals surface area contributed by atoms with Gasteiger partial charge in [0.25, 0.3) is 0 Å². The van der Waals surface area contributed by atoms with Crippen LogP contribution in [0.5, 0.6) is 0 Å². The van der Waals surface area contributed by atoms with Crippen LogP contribution in [0.15, 0.2) is 36.4 Å². The largest absolute Gasteiger partial charge is 0.491 e. The first-order valence-corrected chi connectivity index (χ1v) is 8.05. The van der Waals surface area contributed by atoms with Crippen LogP contribution in [-0.2, 0) is 20.7 Å². The van der Waals surface area contributed by atoms with E-state index in [1.165, 1.54) is 19.1 Å². The van der Waals surface area contributed by atoms with Gasteiger partial charge in [-0.2, -0.15) is 18.4 Å². The number of ether oxygens (including phenoxy) is 1. The standard InChI is InChI=1S/C18H18F3N3O3/c1-11-7-8-17(2,27-16(26)18(19,20)21)24(11)15(25)14(23)9-12-3-5-13(10-22)6-4-12/h3-8,11,14H,9,23H2,1-2H3. The second-order valence-corrected chi connectivity index (χ2v) is 6.37. The number of hydrogen-bond acceptors (Lipinski definition) is 5. The van der Waals surface area contributed by atoms with Gasteiger partial charge in [-0.15, -0.1) is 0 Å². The molecule has 0 bridgehead atoms. The average Bonchev–Trinajstić information content (AvgIpc) is 2.88. The number of carbonyl (C=O) groups excluding carboxylic acids is 2. The molecule has 0 aromatic heterocycles. The van der Waals surface area contributed by atoms with Crippen molar-refractivity contribution in [3.05, 3.63) is 47.5 Å². The Morgan fingerprint density at radius 2 is 1.96 bits per heavy atom. The van der Waals surface area contributed by atoms with Crippen molar-refractivity contribution >= 4 is 11.9 Å². The number of rotatable bonds is 4. The second kappa shape index (κ2) is 7.40. The van der Waals surface area contributed by atoms with Crippen molar-refractivity contribution in [2.75, 3.05) is 0 Å². The van der Waals surface area contributed by atoms with Crippen LogP contribution in [0.3, 0.4) is 0 Å². The molecule has 144 valence electrons. The van der Waals surface area contributed by atoms with Gasteiger partial charge in [-0.25, -0.2) is 4.79 Å². The van der Waals surface area contributed by atoms with Crippen LogP contribution < -0.4 is 5.73 Å². The van der Waals surface area contributed by atoms with E-state index in [1.54, 1.807) is 31.2 Å². The van der Waals surface area contributed by atoms with Gasteiger partial charge in [0.15, 0.2) is 0 Å². The number of nitrogens with zero attached hydrogens (tertiary/aromatic N) is 2. The number of halogens is 3. The zero-order valence-electron chi connectivity index (χ0n) is 14.7. The normalized spacial score (nSPS) is 23.0. The molecule has 27 heavy (non-hydrogen) atoms. The summed E-state index contributed by atoms with van der Waals surface area (Å²) < 4.78 is 42.2. The van der Waals surface area contributed by atoms with Gasteiger partial charge in [0.05, 0.1) is 23.7 Å². The summed E-state index contributed by atoms with van der Waals surface area (Å²) in [5.74, 6) is -3.04. The van der Waals surface area contributed by atoms with Gasteiger partial charge in [-0.05, 0) is 44.0 Å². The predicted molar refractivity (Wildman–Crippen MR) is 88.8 cm³/mol. The van der Waals surface area contributed by atoms with Crippen molar-refractivity contribution in [2.45, 2.75) is 44.3 Å². The Labute approximate surface area is 154 Å². The fourth-order valence-electron chi connectivity index (χ4n) is 2.87. The van der Waals surface area contributed by atoms with Gasteiger partial charge < -0.3 is 10.5 Å². The summed E-state index contributed by atoms with van der Waals surface area (Å²) in [7, 11) is 0. The molecule has 3 atom stereocenters. The molecule has 3 unspecified atom stereocenters. The first kappa shape index (κ1) is 20.5. The maximum Gasteiger partial charge on any atom is 0.491 e. The highest BCUT2D eigenvalue weighted by Gasteiger charge is 2.50. The maximum atomic E-state index is 12.8. The summed E-state index contributed by atoms with van der Waals surface area (Å²) in [4.78, 5) is 25.0. The zero-order chi connectivity index (χ0) is 20.4. The minimum Gasteiger partial charge on any atom is -0.429 e. The molecule has 1 aliphatic heterocycles. The first-order valence-electron chi connectivity index (χ1n) is 8.05. The third-order valence-corrected chi connectivity index (χ3v) is 4.19. The number of hydrogen-bond donors (Lipinski definition) is 1. The van der Waals surface area contributed by atoms with E-state index in [1.807, 2.05) is 6.07 Å². The summed E-state index contributed by atoms with van der Waals surface area (Å²) in [5.41, 5.74) is 5.20. The number of amides is 1. The van der Waals surface area contributed by atoms with Crippen LogP contribution in [-0.4, -0.2) is 40.8 Å². The van der Waals surface area contributed by atoms with E-state index in [-0.39, 0.29) is 6.42 Å². The van der Waals surface area contributed by atoms with E-state index >= 15 is 0 Å². The molecule has 0 aliphatic carbocycles. The Morgan fingerprint density at radius 3 is 2.48 bits per heavy atom. The molecule has 1 amide bonds. The van der Waals surface area contributed by atoms with Gasteiger partial charge in [0.2, 0.25) is 11.6 Å². The van der Waals surface area contributed by atoms with E-state index in [2.05, 4.69) is 4.74 Å². The number of nitrogens with two attached hydrogens (primary N) is 1. The Hall–Kier alpha value is -2.86. The van der Waals surface area contributed by atoms with Crippen molar-refractivity contribution in [1.29, 1.82) is 5.26 Å². The van der Waals surface area contributed by atoms with Crippen molar-refractivity contribution in [1.82, 2.24) is 4.90 Å². The van der Waals surface area contributed by atoms with Crippen molar-refractivity contribution < 1.29 is 27.5 Å². The van der Waals surface area contributed by atoms with E-state index in [4.69, 9.17) is 11.0 Å². The SMILES string of the molecule is CC1C=CC(C)(OC(=O)C(F)(F)F)N1C(=O)C(N)Cc1ccc(C#N)cc1. The quantitative estimate of drug-likeness (QED) is 0.636. The summed E-state index contributed by atoms with van der Waals surface area (Å²) in [6.45, 7) is 2.78. The smallest absolute Gasteiger partial charge is 0.429 e. The number of esters is 1. The minimum atomic E-state index is -5.18. The van der Waals surface area contributed by atoms with Gasteiger partial charge in [-0.3, -0.25) is 9.69 Å². The van der Waals surface area contributed by atoms with Crippen molar-refractivity contribution in [3.63, 3.8) is 0 Å². The van der Waals surface area contributed by atoms with Gasteiger partial charge in [0, 0.05) is 0 Å². The number of alkyl halides is 3. The summed E-state index contributed by atoms with van der Waals surface area (Å²) in [6, 6.07) is 6.72. The molecule has 2 rings (SSSR count). The summed E-state index contributed by atoms with van der Waals surface area (Å²) >= 11 is 0. The van der Waals surface area contributed by atoms with Gasteiger partial charge in [0.1, 0.15) is 0 Å². The fourth-order valence-corrected chi connectivity index (χ4v) is 2.87. The minimum absolute atomic E-state index is 0.108. The van der Waals surface area contributed by atoms with Gasteiger partial charge in [-0.1, -0.05) is 18.2 Å². The molecular weight excluding hydrogens is 363 g/mol. The Balaban J connectivity index is 2.16. The van der Waals surface area contributed by atoms with Crippen LogP contribution in [0.1, 0.15) is 25.0 Å². The van der Waals surface area contributed by atoms with E-state index in [9.17, 15) is 22.8 Å². The number of benzene rings is 1. The van der Waals surface area contributed by atoms with E-state index < -0.39 is 35.9 Å². The Kier molecular flexibility index (Phi) is 5.61. The lowest BCUT2D eigenvalue weighted by Gasteiger charge is -2.38. The van der Waals surface area contributed by atoms with Crippen LogP contribution in [0.25, 0.3) is 0 Å². The van der Waals surface area contributed by atoms with Crippen LogP contribution >= 0.6 is 0 Å². The molecule has 9 heteroatoms. The van der Waals surface area contributed by atoms with Gasteiger partial charge >= 0.3 is 12.1 Å². The monoisotopic (exact) mass is 381 g/mol. The molecule has 1 aliphatic rings. The Morgan fingerprint density at radius 1 is 1.37 bits per heavy atom. The zero-order valence-corrected chi connectivity index (χ0v) is 14.7. The molecule has 1 aromatic carbocycles. The van der Waals surface area contributed by atoms with Crippen LogP contribution in [0.2, 0.25) is 0 Å². The molecule has 6 nitrogen and oxygen atoms in total. The lowest BCUT2D eigenvalue weighted by molar-refractivity contribution is -0.221. The molecule has 0 radical (unpaired) electrons. The maximum absolute atomic E-state index is 12.8. The van der Waals surface area contributed by atoms with Crippen LogP contribution in [0, 0.1) is 11.3 Å². The third-order valence-electron chi connectivity index (χ3n) is 4.19. The summed E-state index contributed by atoms with van der Waals surface area (Å²) in [5, 5.41) is 8.79. The highest BCUT2D eigenvalue weighted by atomic mass is 19.4. The molecule has 0 saturated heterocycles. The van der Waals surface area contributed by atoms with E-state index in [0.717, 1.165) is 4.90 Å². The van der Waals surface area contributed by atoms with Crippen LogP contribution in [0.4, 0.5) is 13.2 Å². The Bertz CT molecular complexity index is 799. The highest BCUT2D eigenvalue weighted by Crippen LogP contribution is 2.32. The lowest BCUT2D eigenvalue weighted by Crippen LogP contribution is -2.57. The molecule has 2 N–H and O–H groups in total. The average molecular weight is 381 g/mol. The molecule has 0 spiro atoms. The number of carbonyl (C=O) groups is 2. The molecule has 0 fully saturated rings. The summed E-state index contributed by atoms with van der Waals surface area (Å²) in [6.07, 6.45) is -2.37. The molecule has 1 aromatic rings. The highest BCUT2D eigenvalue weighted by molar-refractivity contribution is 5.85. The fraction of sp³-hybridized carbons (Fsp3) is 0.389. The van der Waals surface area contributed by atoms with Crippen molar-refractivity contribution in [3.8, 4) is 6.07 Å². The third kappa shape index (κ3) is 4.46. The number of nitriles is 1. The molecule has 1 heterocycles. The predicted octanol–water partition coefficient (Wildman–Crippen LogP) is 2.04. The van der Waals surface area contributed by atoms with E-state index in [0.29, 0.717) is 11.1 Å².